The van der Waals surface area contributed by atoms with Crippen LogP contribution in [0.1, 0.15) is 23.3 Å². The molecule has 26 heavy (non-hydrogen) atoms. The zero-order valence-electron chi connectivity index (χ0n) is 14.5. The average Bonchev–Trinajstić information content (AvgIpc) is 3.25. The summed E-state index contributed by atoms with van der Waals surface area (Å²) in [5.74, 6) is 0.369. The van der Waals surface area contributed by atoms with Crippen LogP contribution in [-0.4, -0.2) is 36.7 Å². The van der Waals surface area contributed by atoms with Crippen molar-refractivity contribution >= 4 is 40.4 Å². The predicted octanol–water partition coefficient (Wildman–Crippen LogP) is 4.95. The van der Waals surface area contributed by atoms with E-state index in [2.05, 4.69) is 13.0 Å². The van der Waals surface area contributed by atoms with Crippen molar-refractivity contribution < 1.29 is 14.3 Å². The van der Waals surface area contributed by atoms with Gasteiger partial charge >= 0.3 is 0 Å². The normalized spacial score (nSPS) is 16.7. The highest BCUT2D eigenvalue weighted by Crippen LogP contribution is 2.27. The van der Waals surface area contributed by atoms with Gasteiger partial charge in [0.25, 0.3) is 5.91 Å². The minimum absolute atomic E-state index is 0.0709. The topological polar surface area (TPSA) is 38.8 Å². The maximum atomic E-state index is 12.8. The number of benzene rings is 1. The molecular formula is C19H21Cl2NO3S. The van der Waals surface area contributed by atoms with Crippen molar-refractivity contribution in [3.8, 4) is 5.75 Å². The van der Waals surface area contributed by atoms with Crippen molar-refractivity contribution in [2.75, 3.05) is 19.8 Å². The van der Waals surface area contributed by atoms with Crippen molar-refractivity contribution in [3.05, 3.63) is 50.1 Å². The monoisotopic (exact) mass is 413 g/mol. The maximum absolute atomic E-state index is 12.8. The van der Waals surface area contributed by atoms with Gasteiger partial charge in [0.15, 0.2) is 6.61 Å². The van der Waals surface area contributed by atoms with Crippen LogP contribution in [0.3, 0.4) is 0 Å². The van der Waals surface area contributed by atoms with Crippen LogP contribution in [0.5, 0.6) is 5.75 Å². The molecule has 7 heteroatoms. The fraction of sp³-hybridized carbons (Fsp3) is 0.421. The van der Waals surface area contributed by atoms with Gasteiger partial charge in [-0.15, -0.1) is 11.3 Å². The molecule has 0 spiro atoms. The van der Waals surface area contributed by atoms with Gasteiger partial charge in [-0.2, -0.15) is 0 Å². The van der Waals surface area contributed by atoms with Crippen LogP contribution in [0.4, 0.5) is 0 Å². The van der Waals surface area contributed by atoms with Crippen LogP contribution < -0.4 is 4.74 Å². The molecule has 0 bridgehead atoms. The van der Waals surface area contributed by atoms with E-state index in [-0.39, 0.29) is 18.6 Å². The Hall–Kier alpha value is -1.27. The lowest BCUT2D eigenvalue weighted by atomic mass is 10.2. The summed E-state index contributed by atoms with van der Waals surface area (Å²) in [7, 11) is 0. The molecule has 1 fully saturated rings. The van der Waals surface area contributed by atoms with Gasteiger partial charge in [0.2, 0.25) is 0 Å². The van der Waals surface area contributed by atoms with Gasteiger partial charge < -0.3 is 14.4 Å². The Labute approximate surface area is 167 Å². The van der Waals surface area contributed by atoms with Crippen LogP contribution in [0.2, 0.25) is 10.0 Å². The number of halogens is 2. The molecule has 1 aromatic carbocycles. The summed E-state index contributed by atoms with van der Waals surface area (Å²) < 4.78 is 11.3. The first kappa shape index (κ1) is 19.5. The Morgan fingerprint density at radius 3 is 2.88 bits per heavy atom. The molecule has 1 aromatic heterocycles. The van der Waals surface area contributed by atoms with E-state index in [0.717, 1.165) is 19.4 Å². The number of amides is 1. The highest BCUT2D eigenvalue weighted by molar-refractivity contribution is 7.10. The Balaban J connectivity index is 1.65. The molecule has 3 rings (SSSR count). The number of hydrogen-bond donors (Lipinski definition) is 0. The van der Waals surface area contributed by atoms with E-state index in [1.54, 1.807) is 29.5 Å². The lowest BCUT2D eigenvalue weighted by Gasteiger charge is -2.25. The Morgan fingerprint density at radius 1 is 1.38 bits per heavy atom. The molecule has 0 unspecified atom stereocenters. The van der Waals surface area contributed by atoms with Gasteiger partial charge in [-0.25, -0.2) is 0 Å². The highest BCUT2D eigenvalue weighted by Gasteiger charge is 2.24. The standard InChI is InChI=1S/C19H21Cl2NO3S/c1-13-6-8-26-18(13)11-22(10-15-3-2-7-24-15)19(23)12-25-17-5-4-14(20)9-16(17)21/h4-6,8-9,15H,2-3,7,10-12H2,1H3/t15-/m1/s1. The van der Waals surface area contributed by atoms with E-state index in [9.17, 15) is 4.79 Å². The summed E-state index contributed by atoms with van der Waals surface area (Å²) in [5.41, 5.74) is 1.20. The van der Waals surface area contributed by atoms with Gasteiger partial charge in [0.1, 0.15) is 5.75 Å². The molecule has 140 valence electrons. The number of carbonyl (C=O) groups excluding carboxylic acids is 1. The van der Waals surface area contributed by atoms with E-state index in [1.165, 1.54) is 10.4 Å². The Morgan fingerprint density at radius 2 is 2.23 bits per heavy atom. The molecule has 0 radical (unpaired) electrons. The first-order valence-electron chi connectivity index (χ1n) is 8.53. The number of ether oxygens (including phenoxy) is 2. The smallest absolute Gasteiger partial charge is 0.260 e. The van der Waals surface area contributed by atoms with Crippen LogP contribution in [0, 0.1) is 6.92 Å². The number of carbonyl (C=O) groups is 1. The van der Waals surface area contributed by atoms with Crippen LogP contribution in [0.15, 0.2) is 29.6 Å². The summed E-state index contributed by atoms with van der Waals surface area (Å²) in [6.45, 7) is 3.90. The first-order chi connectivity index (χ1) is 12.5. The minimum atomic E-state index is -0.0840. The second kappa shape index (κ2) is 9.09. The van der Waals surface area contributed by atoms with E-state index in [1.807, 2.05) is 10.3 Å². The third-order valence-electron chi connectivity index (χ3n) is 4.35. The lowest BCUT2D eigenvalue weighted by molar-refractivity contribution is -0.135. The van der Waals surface area contributed by atoms with Crippen molar-refractivity contribution in [3.63, 3.8) is 0 Å². The van der Waals surface area contributed by atoms with Gasteiger partial charge in [-0.1, -0.05) is 23.2 Å². The van der Waals surface area contributed by atoms with Crippen LogP contribution in [0.25, 0.3) is 0 Å². The van der Waals surface area contributed by atoms with Gasteiger partial charge in [-0.3, -0.25) is 4.79 Å². The number of hydrogen-bond acceptors (Lipinski definition) is 4. The molecule has 0 aliphatic carbocycles. The van der Waals surface area contributed by atoms with Crippen molar-refractivity contribution in [2.45, 2.75) is 32.4 Å². The molecule has 1 saturated heterocycles. The first-order valence-corrected chi connectivity index (χ1v) is 10.2. The fourth-order valence-corrected chi connectivity index (χ4v) is 4.23. The SMILES string of the molecule is Cc1ccsc1CN(C[C@H]1CCCO1)C(=O)COc1ccc(Cl)cc1Cl. The van der Waals surface area contributed by atoms with Gasteiger partial charge in [0.05, 0.1) is 17.7 Å². The second-order valence-electron chi connectivity index (χ2n) is 6.30. The van der Waals surface area contributed by atoms with E-state index < -0.39 is 0 Å². The Bertz CT molecular complexity index is 759. The second-order valence-corrected chi connectivity index (χ2v) is 8.14. The summed E-state index contributed by atoms with van der Waals surface area (Å²) in [6, 6.07) is 7.03. The van der Waals surface area contributed by atoms with Crippen molar-refractivity contribution in [1.29, 1.82) is 0 Å². The highest BCUT2D eigenvalue weighted by atomic mass is 35.5. The third-order valence-corrected chi connectivity index (χ3v) is 5.89. The number of aryl methyl sites for hydroxylation is 1. The lowest BCUT2D eigenvalue weighted by Crippen LogP contribution is -2.39. The predicted molar refractivity (Wildman–Crippen MR) is 105 cm³/mol. The summed E-state index contributed by atoms with van der Waals surface area (Å²) >= 11 is 13.7. The zero-order chi connectivity index (χ0) is 18.5. The summed E-state index contributed by atoms with van der Waals surface area (Å²) in [5, 5.41) is 2.97. The maximum Gasteiger partial charge on any atom is 0.260 e. The van der Waals surface area contributed by atoms with E-state index in [0.29, 0.717) is 28.9 Å². The summed E-state index contributed by atoms with van der Waals surface area (Å²) in [6.07, 6.45) is 2.12. The molecule has 0 saturated carbocycles. The van der Waals surface area contributed by atoms with E-state index >= 15 is 0 Å². The molecule has 4 nitrogen and oxygen atoms in total. The van der Waals surface area contributed by atoms with Gasteiger partial charge in [-0.05, 0) is 55.0 Å². The van der Waals surface area contributed by atoms with Crippen molar-refractivity contribution in [2.24, 2.45) is 0 Å². The van der Waals surface area contributed by atoms with E-state index in [4.69, 9.17) is 32.7 Å². The number of rotatable bonds is 7. The fourth-order valence-electron chi connectivity index (χ4n) is 2.85. The molecule has 0 N–H and O–H groups in total. The molecule has 1 aliphatic rings. The van der Waals surface area contributed by atoms with Crippen molar-refractivity contribution in [1.82, 2.24) is 4.90 Å². The van der Waals surface area contributed by atoms with Gasteiger partial charge in [0, 0.05) is 23.1 Å². The molecule has 1 atom stereocenters. The largest absolute Gasteiger partial charge is 0.482 e. The molecule has 2 heterocycles. The zero-order valence-corrected chi connectivity index (χ0v) is 16.9. The average molecular weight is 414 g/mol. The molecule has 2 aromatic rings. The molecule has 1 amide bonds. The number of thiophene rings is 1. The third kappa shape index (κ3) is 5.13. The van der Waals surface area contributed by atoms with Crippen LogP contribution >= 0.6 is 34.5 Å². The molecule has 1 aliphatic heterocycles. The minimum Gasteiger partial charge on any atom is -0.482 e. The quantitative estimate of drug-likeness (QED) is 0.644. The van der Waals surface area contributed by atoms with Crippen LogP contribution in [-0.2, 0) is 16.1 Å². The summed E-state index contributed by atoms with van der Waals surface area (Å²) in [4.78, 5) is 15.8. The molecular weight excluding hydrogens is 393 g/mol. The number of nitrogens with zero attached hydrogens (tertiary/aromatic N) is 1. The Kier molecular flexibility index (Phi) is 6.81.